The van der Waals surface area contributed by atoms with Crippen LogP contribution in [0.25, 0.3) is 0 Å². The zero-order chi connectivity index (χ0) is 19.2. The number of carbonyl (C=O) groups is 2. The molecule has 0 aliphatic heterocycles. The minimum absolute atomic E-state index is 0.203. The minimum Gasteiger partial charge on any atom is -0.497 e. The molecule has 27 heavy (non-hydrogen) atoms. The van der Waals surface area contributed by atoms with Crippen molar-refractivity contribution in [3.63, 3.8) is 0 Å². The van der Waals surface area contributed by atoms with Crippen molar-refractivity contribution in [1.82, 2.24) is 4.98 Å². The Kier molecular flexibility index (Phi) is 5.90. The van der Waals surface area contributed by atoms with E-state index in [-0.39, 0.29) is 11.6 Å². The van der Waals surface area contributed by atoms with Crippen LogP contribution in [-0.4, -0.2) is 24.0 Å². The zero-order valence-corrected chi connectivity index (χ0v) is 15.7. The molecule has 0 atom stereocenters. The first-order valence-corrected chi connectivity index (χ1v) is 9.04. The van der Waals surface area contributed by atoms with Gasteiger partial charge in [-0.1, -0.05) is 17.7 Å². The van der Waals surface area contributed by atoms with E-state index in [4.69, 9.17) is 16.3 Å². The molecule has 0 aliphatic carbocycles. The second-order valence-corrected chi connectivity index (χ2v) is 6.60. The Balaban J connectivity index is 1.58. The quantitative estimate of drug-likeness (QED) is 0.576. The van der Waals surface area contributed by atoms with E-state index in [1.807, 2.05) is 0 Å². The number of benzene rings is 2. The lowest BCUT2D eigenvalue weighted by Gasteiger charge is -2.06. The van der Waals surface area contributed by atoms with Crippen LogP contribution in [0.5, 0.6) is 5.75 Å². The molecule has 0 saturated heterocycles. The van der Waals surface area contributed by atoms with Gasteiger partial charge in [-0.25, -0.2) is 9.78 Å². The van der Waals surface area contributed by atoms with Crippen molar-refractivity contribution in [2.24, 2.45) is 0 Å². The van der Waals surface area contributed by atoms with Crippen LogP contribution in [0, 0.1) is 0 Å². The van der Waals surface area contributed by atoms with Gasteiger partial charge in [0, 0.05) is 21.8 Å². The molecule has 7 nitrogen and oxygen atoms in total. The van der Waals surface area contributed by atoms with Gasteiger partial charge in [0.25, 0.3) is 5.91 Å². The van der Waals surface area contributed by atoms with E-state index in [2.05, 4.69) is 20.9 Å². The highest BCUT2D eigenvalue weighted by Gasteiger charge is 2.13. The lowest BCUT2D eigenvalue weighted by Crippen LogP contribution is -2.19. The Bertz CT molecular complexity index is 959. The van der Waals surface area contributed by atoms with Crippen molar-refractivity contribution in [2.75, 3.05) is 23.1 Å². The van der Waals surface area contributed by atoms with Crippen molar-refractivity contribution >= 4 is 51.4 Å². The number of nitrogens with zero attached hydrogens (tertiary/aromatic N) is 1. The number of aromatic nitrogens is 1. The summed E-state index contributed by atoms with van der Waals surface area (Å²) < 4.78 is 5.07. The second-order valence-electron chi connectivity index (χ2n) is 5.31. The van der Waals surface area contributed by atoms with Crippen molar-refractivity contribution in [3.8, 4) is 5.75 Å². The summed E-state index contributed by atoms with van der Waals surface area (Å²) >= 11 is 7.02. The van der Waals surface area contributed by atoms with Crippen LogP contribution in [0.2, 0.25) is 5.02 Å². The molecule has 1 aromatic heterocycles. The first-order chi connectivity index (χ1) is 13.0. The van der Waals surface area contributed by atoms with Crippen molar-refractivity contribution in [3.05, 3.63) is 64.6 Å². The highest BCUT2D eigenvalue weighted by molar-refractivity contribution is 7.14. The molecule has 138 valence electrons. The maximum Gasteiger partial charge on any atom is 0.325 e. The molecule has 0 aliphatic rings. The standard InChI is InChI=1S/C18H15ClN4O3S/c1-26-14-7-5-12(6-8-14)20-16(24)15-10-27-18(22-15)23-17(25)21-13-4-2-3-11(19)9-13/h2-10H,1H3,(H,20,24)(H2,21,22,23,25). The maximum absolute atomic E-state index is 12.3. The molecule has 3 aromatic rings. The Hall–Kier alpha value is -3.10. The summed E-state index contributed by atoms with van der Waals surface area (Å²) in [6, 6.07) is 13.2. The van der Waals surface area contributed by atoms with E-state index in [9.17, 15) is 9.59 Å². The Labute approximate surface area is 164 Å². The normalized spacial score (nSPS) is 10.1. The molecule has 3 amide bonds. The highest BCUT2D eigenvalue weighted by Crippen LogP contribution is 2.20. The SMILES string of the molecule is COc1ccc(NC(=O)c2csc(NC(=O)Nc3cccc(Cl)c3)n2)cc1. The third-order valence-corrected chi connectivity index (χ3v) is 4.38. The summed E-state index contributed by atoms with van der Waals surface area (Å²) in [6.07, 6.45) is 0. The first kappa shape index (κ1) is 18.7. The van der Waals surface area contributed by atoms with Gasteiger partial charge in [-0.3, -0.25) is 10.1 Å². The molecule has 9 heteroatoms. The molecule has 2 aromatic carbocycles. The molecular weight excluding hydrogens is 388 g/mol. The number of nitrogens with one attached hydrogen (secondary N) is 3. The zero-order valence-electron chi connectivity index (χ0n) is 14.2. The number of ether oxygens (including phenoxy) is 1. The number of carbonyl (C=O) groups excluding carboxylic acids is 2. The summed E-state index contributed by atoms with van der Waals surface area (Å²) in [5.74, 6) is 0.318. The van der Waals surface area contributed by atoms with Crippen molar-refractivity contribution in [2.45, 2.75) is 0 Å². The summed E-state index contributed by atoms with van der Waals surface area (Å²) in [4.78, 5) is 28.4. The number of thiazole rings is 1. The lowest BCUT2D eigenvalue weighted by atomic mass is 10.3. The fourth-order valence-corrected chi connectivity index (χ4v) is 3.01. The molecule has 0 saturated carbocycles. The lowest BCUT2D eigenvalue weighted by molar-refractivity contribution is 0.102. The van der Waals surface area contributed by atoms with Gasteiger partial charge in [0.05, 0.1) is 7.11 Å². The smallest absolute Gasteiger partial charge is 0.325 e. The third-order valence-electron chi connectivity index (χ3n) is 3.39. The van der Waals surface area contributed by atoms with Crippen LogP contribution >= 0.6 is 22.9 Å². The van der Waals surface area contributed by atoms with Crippen LogP contribution in [-0.2, 0) is 0 Å². The van der Waals surface area contributed by atoms with Crippen molar-refractivity contribution in [1.29, 1.82) is 0 Å². The fourth-order valence-electron chi connectivity index (χ4n) is 2.13. The van der Waals surface area contributed by atoms with E-state index >= 15 is 0 Å². The van der Waals surface area contributed by atoms with Gasteiger partial charge >= 0.3 is 6.03 Å². The fraction of sp³-hybridized carbons (Fsp3) is 0.0556. The Morgan fingerprint density at radius 3 is 2.52 bits per heavy atom. The molecule has 3 rings (SSSR count). The Morgan fingerprint density at radius 2 is 1.81 bits per heavy atom. The minimum atomic E-state index is -0.478. The summed E-state index contributed by atoms with van der Waals surface area (Å²) in [5.41, 5.74) is 1.37. The van der Waals surface area contributed by atoms with Gasteiger partial charge in [0.15, 0.2) is 5.13 Å². The van der Waals surface area contributed by atoms with E-state index < -0.39 is 6.03 Å². The van der Waals surface area contributed by atoms with E-state index in [0.29, 0.717) is 27.3 Å². The first-order valence-electron chi connectivity index (χ1n) is 7.78. The van der Waals surface area contributed by atoms with E-state index in [0.717, 1.165) is 11.3 Å². The Morgan fingerprint density at radius 1 is 1.04 bits per heavy atom. The molecule has 3 N–H and O–H groups in total. The van der Waals surface area contributed by atoms with Crippen molar-refractivity contribution < 1.29 is 14.3 Å². The van der Waals surface area contributed by atoms with Gasteiger partial charge in [-0.05, 0) is 42.5 Å². The predicted octanol–water partition coefficient (Wildman–Crippen LogP) is 4.70. The number of amides is 3. The third kappa shape index (κ3) is 5.19. The number of urea groups is 1. The number of anilines is 3. The van der Waals surface area contributed by atoms with Crippen LogP contribution in [0.3, 0.4) is 0 Å². The summed E-state index contributed by atoms with van der Waals surface area (Å²) in [5, 5.41) is 10.3. The molecular formula is C18H15ClN4O3S. The average Bonchev–Trinajstić information content (AvgIpc) is 3.11. The van der Waals surface area contributed by atoms with Crippen LogP contribution < -0.4 is 20.7 Å². The maximum atomic E-state index is 12.3. The van der Waals surface area contributed by atoms with Gasteiger partial charge in [-0.2, -0.15) is 0 Å². The van der Waals surface area contributed by atoms with Crippen LogP contribution in [0.1, 0.15) is 10.5 Å². The highest BCUT2D eigenvalue weighted by atomic mass is 35.5. The van der Waals surface area contributed by atoms with Crippen LogP contribution in [0.15, 0.2) is 53.9 Å². The summed E-state index contributed by atoms with van der Waals surface area (Å²) in [7, 11) is 1.57. The summed E-state index contributed by atoms with van der Waals surface area (Å²) in [6.45, 7) is 0. The molecule has 0 spiro atoms. The van der Waals surface area contributed by atoms with E-state index in [1.165, 1.54) is 0 Å². The molecule has 0 unspecified atom stereocenters. The number of hydrogen-bond donors (Lipinski definition) is 3. The monoisotopic (exact) mass is 402 g/mol. The van der Waals surface area contributed by atoms with Gasteiger partial charge in [0.1, 0.15) is 11.4 Å². The predicted molar refractivity (Wildman–Crippen MR) is 107 cm³/mol. The molecule has 0 fully saturated rings. The molecule has 1 heterocycles. The van der Waals surface area contributed by atoms with Gasteiger partial charge in [-0.15, -0.1) is 11.3 Å². The van der Waals surface area contributed by atoms with Gasteiger partial charge in [0.2, 0.25) is 0 Å². The largest absolute Gasteiger partial charge is 0.497 e. The second kappa shape index (κ2) is 8.52. The molecule has 0 bridgehead atoms. The number of halogens is 1. The van der Waals surface area contributed by atoms with Gasteiger partial charge < -0.3 is 15.4 Å². The van der Waals surface area contributed by atoms with E-state index in [1.54, 1.807) is 61.0 Å². The average molecular weight is 403 g/mol. The van der Waals surface area contributed by atoms with Crippen LogP contribution in [0.4, 0.5) is 21.3 Å². The number of methoxy groups -OCH3 is 1. The topological polar surface area (TPSA) is 92.4 Å². The molecule has 0 radical (unpaired) electrons. The number of rotatable bonds is 5. The number of hydrogen-bond acceptors (Lipinski definition) is 5.